The van der Waals surface area contributed by atoms with Crippen molar-refractivity contribution < 1.29 is 13.2 Å². The largest absolute Gasteiger partial charge is 0.399 e. The molecule has 1 saturated heterocycles. The number of anilines is 1. The maximum Gasteiger partial charge on any atom is 0.212 e. The van der Waals surface area contributed by atoms with Gasteiger partial charge in [-0.05, 0) is 37.0 Å². The molecule has 1 aromatic carbocycles. The molecule has 5 nitrogen and oxygen atoms in total. The lowest BCUT2D eigenvalue weighted by Crippen LogP contribution is -2.35. The minimum absolute atomic E-state index is 0.111. The van der Waals surface area contributed by atoms with Crippen molar-refractivity contribution >= 4 is 27.5 Å². The maximum atomic E-state index is 11.9. The summed E-state index contributed by atoms with van der Waals surface area (Å²) in [7, 11) is -3.22. The van der Waals surface area contributed by atoms with Crippen molar-refractivity contribution in [3.63, 3.8) is 0 Å². The van der Waals surface area contributed by atoms with E-state index in [4.69, 9.17) is 10.5 Å². The van der Waals surface area contributed by atoms with Gasteiger partial charge in [0.2, 0.25) is 10.0 Å². The predicted octanol–water partition coefficient (Wildman–Crippen LogP) is 1.71. The molecule has 1 aliphatic heterocycles. The lowest BCUT2D eigenvalue weighted by molar-refractivity contribution is 0.0568. The molecule has 0 aliphatic carbocycles. The quantitative estimate of drug-likeness (QED) is 0.587. The van der Waals surface area contributed by atoms with Crippen LogP contribution in [0.15, 0.2) is 29.2 Å². The Morgan fingerprint density at radius 2 is 2.29 bits per heavy atom. The van der Waals surface area contributed by atoms with Gasteiger partial charge in [-0.2, -0.15) is 0 Å². The van der Waals surface area contributed by atoms with Crippen molar-refractivity contribution in [2.75, 3.05) is 37.0 Å². The van der Waals surface area contributed by atoms with Gasteiger partial charge in [0.1, 0.15) is 0 Å². The van der Waals surface area contributed by atoms with Crippen LogP contribution in [0.1, 0.15) is 12.8 Å². The van der Waals surface area contributed by atoms with E-state index < -0.39 is 10.0 Å². The van der Waals surface area contributed by atoms with E-state index in [1.165, 1.54) is 11.8 Å². The standard InChI is InChI=1S/C14H22N2O3S2/c15-13-4-1-5-14(9-13)20-7-8-21(17,18)16-10-12-3-2-6-19-11-12/h1,4-5,9,12,16H,2-3,6-8,10-11,15H2. The van der Waals surface area contributed by atoms with Gasteiger partial charge in [0.15, 0.2) is 0 Å². The number of hydrogen-bond donors (Lipinski definition) is 2. The average molecular weight is 330 g/mol. The third-order valence-corrected chi connectivity index (χ3v) is 5.93. The summed E-state index contributed by atoms with van der Waals surface area (Å²) in [6, 6.07) is 7.46. The zero-order valence-electron chi connectivity index (χ0n) is 12.0. The number of sulfonamides is 1. The van der Waals surface area contributed by atoms with Gasteiger partial charge in [-0.15, -0.1) is 11.8 Å². The average Bonchev–Trinajstić information content (AvgIpc) is 2.46. The number of thioether (sulfide) groups is 1. The van der Waals surface area contributed by atoms with Crippen molar-refractivity contribution in [3.05, 3.63) is 24.3 Å². The van der Waals surface area contributed by atoms with Gasteiger partial charge in [0.25, 0.3) is 0 Å². The molecule has 3 N–H and O–H groups in total. The summed E-state index contributed by atoms with van der Waals surface area (Å²) in [5, 5.41) is 0. The SMILES string of the molecule is Nc1cccc(SCCS(=O)(=O)NCC2CCCOC2)c1. The Bertz CT molecular complexity index is 543. The molecule has 0 spiro atoms. The van der Waals surface area contributed by atoms with Crippen LogP contribution in [-0.4, -0.2) is 39.7 Å². The number of rotatable bonds is 7. The molecule has 1 atom stereocenters. The van der Waals surface area contributed by atoms with Crippen LogP contribution in [-0.2, 0) is 14.8 Å². The van der Waals surface area contributed by atoms with E-state index in [-0.39, 0.29) is 5.75 Å². The normalized spacial score (nSPS) is 19.5. The summed E-state index contributed by atoms with van der Waals surface area (Å²) in [4.78, 5) is 0.992. The molecule has 0 amide bonds. The van der Waals surface area contributed by atoms with Crippen molar-refractivity contribution in [3.8, 4) is 0 Å². The molecule has 1 unspecified atom stereocenters. The van der Waals surface area contributed by atoms with E-state index in [2.05, 4.69) is 4.72 Å². The molecule has 118 valence electrons. The zero-order valence-corrected chi connectivity index (χ0v) is 13.6. The Balaban J connectivity index is 1.70. The first-order chi connectivity index (χ1) is 10.1. The molecule has 0 saturated carbocycles. The summed E-state index contributed by atoms with van der Waals surface area (Å²) in [5.74, 6) is 0.926. The second-order valence-corrected chi connectivity index (χ2v) is 8.27. The Hall–Kier alpha value is -0.760. The lowest BCUT2D eigenvalue weighted by atomic mass is 10.0. The van der Waals surface area contributed by atoms with Gasteiger partial charge in [0.05, 0.1) is 12.4 Å². The van der Waals surface area contributed by atoms with E-state index in [9.17, 15) is 8.42 Å². The Kier molecular flexibility index (Phi) is 6.35. The number of nitrogens with two attached hydrogens (primary N) is 1. The second-order valence-electron chi connectivity index (χ2n) is 5.17. The van der Waals surface area contributed by atoms with Crippen LogP contribution in [0.3, 0.4) is 0 Å². The molecule has 7 heteroatoms. The highest BCUT2D eigenvalue weighted by Crippen LogP contribution is 2.20. The van der Waals surface area contributed by atoms with E-state index in [1.54, 1.807) is 0 Å². The van der Waals surface area contributed by atoms with E-state index in [0.717, 1.165) is 24.3 Å². The topological polar surface area (TPSA) is 81.4 Å². The number of ether oxygens (including phenoxy) is 1. The van der Waals surface area contributed by atoms with Crippen LogP contribution in [0.25, 0.3) is 0 Å². The highest BCUT2D eigenvalue weighted by molar-refractivity contribution is 8.00. The first-order valence-electron chi connectivity index (χ1n) is 7.08. The number of benzene rings is 1. The Morgan fingerprint density at radius 3 is 3.00 bits per heavy atom. The van der Waals surface area contributed by atoms with Crippen LogP contribution in [0.4, 0.5) is 5.69 Å². The molecule has 0 radical (unpaired) electrons. The van der Waals surface area contributed by atoms with Crippen LogP contribution in [0.5, 0.6) is 0 Å². The van der Waals surface area contributed by atoms with Crippen molar-refractivity contribution in [1.29, 1.82) is 0 Å². The third-order valence-electron chi connectivity index (χ3n) is 3.33. The fourth-order valence-electron chi connectivity index (χ4n) is 2.16. The van der Waals surface area contributed by atoms with Gasteiger partial charge in [-0.25, -0.2) is 13.1 Å². The molecular weight excluding hydrogens is 308 g/mol. The highest BCUT2D eigenvalue weighted by atomic mass is 32.2. The fraction of sp³-hybridized carbons (Fsp3) is 0.571. The van der Waals surface area contributed by atoms with Crippen LogP contribution < -0.4 is 10.5 Å². The molecule has 1 aliphatic rings. The summed E-state index contributed by atoms with van der Waals surface area (Å²) < 4.78 is 31.9. The molecular formula is C14H22N2O3S2. The van der Waals surface area contributed by atoms with Crippen molar-refractivity contribution in [1.82, 2.24) is 4.72 Å². The molecule has 2 rings (SSSR count). The fourth-order valence-corrected chi connectivity index (χ4v) is 4.63. The minimum atomic E-state index is -3.22. The van der Waals surface area contributed by atoms with Gasteiger partial charge in [0, 0.05) is 29.5 Å². The van der Waals surface area contributed by atoms with Crippen LogP contribution >= 0.6 is 11.8 Å². The minimum Gasteiger partial charge on any atom is -0.399 e. The predicted molar refractivity (Wildman–Crippen MR) is 86.9 cm³/mol. The first kappa shape index (κ1) is 16.6. The van der Waals surface area contributed by atoms with Gasteiger partial charge in [-0.1, -0.05) is 6.07 Å². The van der Waals surface area contributed by atoms with Crippen LogP contribution in [0.2, 0.25) is 0 Å². The van der Waals surface area contributed by atoms with Gasteiger partial charge < -0.3 is 10.5 Å². The molecule has 1 aromatic rings. The second kappa shape index (κ2) is 8.03. The zero-order chi connectivity index (χ0) is 15.1. The summed E-state index contributed by atoms with van der Waals surface area (Å²) >= 11 is 1.50. The molecule has 0 aromatic heterocycles. The number of nitrogen functional groups attached to an aromatic ring is 1. The number of nitrogens with one attached hydrogen (secondary N) is 1. The van der Waals surface area contributed by atoms with Crippen molar-refractivity contribution in [2.24, 2.45) is 5.92 Å². The van der Waals surface area contributed by atoms with Gasteiger partial charge >= 0.3 is 0 Å². The maximum absolute atomic E-state index is 11.9. The van der Waals surface area contributed by atoms with Crippen molar-refractivity contribution in [2.45, 2.75) is 17.7 Å². The monoisotopic (exact) mass is 330 g/mol. The molecule has 1 fully saturated rings. The third kappa shape index (κ3) is 6.25. The smallest absolute Gasteiger partial charge is 0.212 e. The molecule has 0 bridgehead atoms. The first-order valence-corrected chi connectivity index (χ1v) is 9.72. The Labute approximate surface area is 130 Å². The van der Waals surface area contributed by atoms with Gasteiger partial charge in [-0.3, -0.25) is 0 Å². The van der Waals surface area contributed by atoms with E-state index in [0.29, 0.717) is 30.5 Å². The highest BCUT2D eigenvalue weighted by Gasteiger charge is 2.17. The number of hydrogen-bond acceptors (Lipinski definition) is 5. The summed E-state index contributed by atoms with van der Waals surface area (Å²) in [6.45, 7) is 1.92. The Morgan fingerprint density at radius 1 is 1.43 bits per heavy atom. The van der Waals surface area contributed by atoms with E-state index in [1.807, 2.05) is 24.3 Å². The molecule has 21 heavy (non-hydrogen) atoms. The summed E-state index contributed by atoms with van der Waals surface area (Å²) in [5.41, 5.74) is 6.38. The lowest BCUT2D eigenvalue weighted by Gasteiger charge is -2.22. The molecule has 1 heterocycles. The van der Waals surface area contributed by atoms with E-state index >= 15 is 0 Å². The van der Waals surface area contributed by atoms with Crippen LogP contribution in [0, 0.1) is 5.92 Å². The summed E-state index contributed by atoms with van der Waals surface area (Å²) in [6.07, 6.45) is 2.04.